The number of hydrogen-bond acceptors (Lipinski definition) is 4. The topological polar surface area (TPSA) is 71.4 Å². The fourth-order valence-electron chi connectivity index (χ4n) is 2.13. The number of phenols is 1. The minimum Gasteiger partial charge on any atom is -0.508 e. The third kappa shape index (κ3) is 5.97. The summed E-state index contributed by atoms with van der Waals surface area (Å²) in [6.07, 6.45) is 7.18. The SMILES string of the molecule is CS(=O)c1ccccc1C=CC(=O)CC(=O)C=Cc1ccc(O)cc1. The van der Waals surface area contributed by atoms with Crippen molar-refractivity contribution in [1.82, 2.24) is 0 Å². The van der Waals surface area contributed by atoms with E-state index in [2.05, 4.69) is 0 Å². The smallest absolute Gasteiger partial charge is 0.163 e. The van der Waals surface area contributed by atoms with E-state index in [9.17, 15) is 18.9 Å². The number of ketones is 2. The second kappa shape index (κ2) is 8.89. The molecule has 0 saturated heterocycles. The zero-order chi connectivity index (χ0) is 18.2. The van der Waals surface area contributed by atoms with E-state index in [0.29, 0.717) is 10.5 Å². The van der Waals surface area contributed by atoms with E-state index in [1.807, 2.05) is 0 Å². The van der Waals surface area contributed by atoms with Gasteiger partial charge < -0.3 is 5.11 Å². The molecule has 0 aliphatic heterocycles. The van der Waals surface area contributed by atoms with Crippen LogP contribution in [0.3, 0.4) is 0 Å². The molecule has 5 heteroatoms. The summed E-state index contributed by atoms with van der Waals surface area (Å²) >= 11 is 0. The summed E-state index contributed by atoms with van der Waals surface area (Å²) in [6, 6.07) is 13.5. The van der Waals surface area contributed by atoms with Gasteiger partial charge in [0.05, 0.1) is 17.2 Å². The van der Waals surface area contributed by atoms with E-state index in [4.69, 9.17) is 0 Å². The number of rotatable bonds is 7. The van der Waals surface area contributed by atoms with Gasteiger partial charge in [0.15, 0.2) is 11.6 Å². The summed E-state index contributed by atoms with van der Waals surface area (Å²) in [7, 11) is -1.15. The quantitative estimate of drug-likeness (QED) is 0.611. The lowest BCUT2D eigenvalue weighted by atomic mass is 10.1. The molecule has 0 fully saturated rings. The number of aromatic hydroxyl groups is 1. The first-order chi connectivity index (χ1) is 12.0. The van der Waals surface area contributed by atoms with Crippen LogP contribution in [-0.2, 0) is 20.4 Å². The Hall–Kier alpha value is -2.79. The van der Waals surface area contributed by atoms with Crippen LogP contribution in [0.5, 0.6) is 5.75 Å². The second-order valence-corrected chi connectivity index (χ2v) is 6.71. The zero-order valence-electron chi connectivity index (χ0n) is 13.7. The van der Waals surface area contributed by atoms with Gasteiger partial charge in [0.25, 0.3) is 0 Å². The van der Waals surface area contributed by atoms with E-state index in [1.165, 1.54) is 24.3 Å². The molecule has 1 N–H and O–H groups in total. The van der Waals surface area contributed by atoms with Gasteiger partial charge in [0, 0.05) is 11.2 Å². The summed E-state index contributed by atoms with van der Waals surface area (Å²) in [5.74, 6) is -0.482. The van der Waals surface area contributed by atoms with Crippen molar-refractivity contribution in [2.24, 2.45) is 0 Å². The number of carbonyl (C=O) groups excluding carboxylic acids is 2. The largest absolute Gasteiger partial charge is 0.508 e. The maximum atomic E-state index is 11.9. The van der Waals surface area contributed by atoms with E-state index in [0.717, 1.165) is 5.56 Å². The monoisotopic (exact) mass is 354 g/mol. The molecule has 0 aromatic heterocycles. The van der Waals surface area contributed by atoms with Crippen molar-refractivity contribution in [3.63, 3.8) is 0 Å². The first kappa shape index (κ1) is 18.5. The van der Waals surface area contributed by atoms with Crippen molar-refractivity contribution in [2.45, 2.75) is 11.3 Å². The molecular weight excluding hydrogens is 336 g/mol. The number of allylic oxidation sites excluding steroid dienone is 2. The Balaban J connectivity index is 1.96. The summed E-state index contributed by atoms with van der Waals surface area (Å²) in [6.45, 7) is 0. The predicted molar refractivity (Wildman–Crippen MR) is 99.6 cm³/mol. The maximum absolute atomic E-state index is 11.9. The molecule has 4 nitrogen and oxygen atoms in total. The van der Waals surface area contributed by atoms with Gasteiger partial charge in [-0.3, -0.25) is 13.8 Å². The van der Waals surface area contributed by atoms with Gasteiger partial charge in [-0.25, -0.2) is 0 Å². The van der Waals surface area contributed by atoms with Crippen LogP contribution in [0.15, 0.2) is 65.6 Å². The fraction of sp³-hybridized carbons (Fsp3) is 0.100. The highest BCUT2D eigenvalue weighted by Gasteiger charge is 2.06. The molecule has 2 aromatic rings. The molecular formula is C20H18O4S. The molecule has 1 unspecified atom stereocenters. The Morgan fingerprint density at radius 3 is 2.20 bits per heavy atom. The maximum Gasteiger partial charge on any atom is 0.163 e. The molecule has 2 aromatic carbocycles. The molecule has 0 spiro atoms. The van der Waals surface area contributed by atoms with Crippen LogP contribution < -0.4 is 0 Å². The molecule has 0 aliphatic carbocycles. The molecule has 2 rings (SSSR count). The average molecular weight is 354 g/mol. The van der Waals surface area contributed by atoms with Crippen LogP contribution in [0.4, 0.5) is 0 Å². The minimum atomic E-state index is -1.15. The minimum absolute atomic E-state index is 0.150. The number of phenolic OH excluding ortho intramolecular Hbond substituents is 1. The van der Waals surface area contributed by atoms with Gasteiger partial charge in [-0.15, -0.1) is 0 Å². The zero-order valence-corrected chi connectivity index (χ0v) is 14.5. The highest BCUT2D eigenvalue weighted by molar-refractivity contribution is 7.84. The summed E-state index contributed by atoms with van der Waals surface area (Å²) in [5.41, 5.74) is 1.46. The van der Waals surface area contributed by atoms with Gasteiger partial charge in [-0.2, -0.15) is 0 Å². The van der Waals surface area contributed by atoms with Gasteiger partial charge in [0.2, 0.25) is 0 Å². The summed E-state index contributed by atoms with van der Waals surface area (Å²) in [4.78, 5) is 24.4. The third-order valence-electron chi connectivity index (χ3n) is 3.38. The third-order valence-corrected chi connectivity index (χ3v) is 4.37. The van der Waals surface area contributed by atoms with Crippen LogP contribution in [0.25, 0.3) is 12.2 Å². The van der Waals surface area contributed by atoms with Gasteiger partial charge in [-0.1, -0.05) is 42.5 Å². The van der Waals surface area contributed by atoms with Crippen molar-refractivity contribution < 1.29 is 18.9 Å². The molecule has 0 heterocycles. The van der Waals surface area contributed by atoms with Crippen LogP contribution in [0, 0.1) is 0 Å². The van der Waals surface area contributed by atoms with Gasteiger partial charge >= 0.3 is 0 Å². The number of hydrogen-bond donors (Lipinski definition) is 1. The second-order valence-electron chi connectivity index (χ2n) is 5.36. The average Bonchev–Trinajstić information content (AvgIpc) is 2.59. The lowest BCUT2D eigenvalue weighted by Crippen LogP contribution is -2.02. The number of carbonyl (C=O) groups is 2. The van der Waals surface area contributed by atoms with Crippen LogP contribution in [0.2, 0.25) is 0 Å². The standard InChI is InChI=1S/C20H18O4S/c1-25(24)20-5-3-2-4-16(20)9-13-19(23)14-18(22)12-8-15-6-10-17(21)11-7-15/h2-13,21H,14H2,1H3. The van der Waals surface area contributed by atoms with Crippen molar-refractivity contribution in [1.29, 1.82) is 0 Å². The molecule has 0 radical (unpaired) electrons. The van der Waals surface area contributed by atoms with Crippen molar-refractivity contribution >= 4 is 34.5 Å². The molecule has 0 saturated carbocycles. The van der Waals surface area contributed by atoms with E-state index < -0.39 is 10.8 Å². The van der Waals surface area contributed by atoms with Crippen molar-refractivity contribution in [3.8, 4) is 5.75 Å². The Bertz CT molecular complexity index is 848. The normalized spacial score (nSPS) is 12.5. The van der Waals surface area contributed by atoms with E-state index >= 15 is 0 Å². The van der Waals surface area contributed by atoms with Gasteiger partial charge in [-0.05, 0) is 41.5 Å². The molecule has 128 valence electrons. The fourth-order valence-corrected chi connectivity index (χ4v) is 2.87. The predicted octanol–water partition coefficient (Wildman–Crippen LogP) is 3.38. The van der Waals surface area contributed by atoms with Crippen LogP contribution in [-0.4, -0.2) is 27.1 Å². The Kier molecular flexibility index (Phi) is 6.60. The highest BCUT2D eigenvalue weighted by Crippen LogP contribution is 2.14. The first-order valence-corrected chi connectivity index (χ1v) is 9.15. The lowest BCUT2D eigenvalue weighted by molar-refractivity contribution is -0.121. The molecule has 25 heavy (non-hydrogen) atoms. The summed E-state index contributed by atoms with van der Waals surface area (Å²) in [5, 5.41) is 9.20. The van der Waals surface area contributed by atoms with Crippen LogP contribution >= 0.6 is 0 Å². The highest BCUT2D eigenvalue weighted by atomic mass is 32.2. The summed E-state index contributed by atoms with van der Waals surface area (Å²) < 4.78 is 11.6. The number of benzene rings is 2. The molecule has 0 amide bonds. The lowest BCUT2D eigenvalue weighted by Gasteiger charge is -2.01. The van der Waals surface area contributed by atoms with Crippen LogP contribution in [0.1, 0.15) is 17.5 Å². The van der Waals surface area contributed by atoms with Crippen molar-refractivity contribution in [2.75, 3.05) is 6.26 Å². The van der Waals surface area contributed by atoms with E-state index in [1.54, 1.807) is 54.8 Å². The van der Waals surface area contributed by atoms with Gasteiger partial charge in [0.1, 0.15) is 5.75 Å². The van der Waals surface area contributed by atoms with Crippen molar-refractivity contribution in [3.05, 3.63) is 71.8 Å². The first-order valence-electron chi connectivity index (χ1n) is 7.59. The van der Waals surface area contributed by atoms with E-state index in [-0.39, 0.29) is 23.7 Å². The Morgan fingerprint density at radius 2 is 1.56 bits per heavy atom. The molecule has 0 aliphatic rings. The Labute approximate surface area is 149 Å². The Morgan fingerprint density at radius 1 is 0.960 bits per heavy atom. The molecule has 0 bridgehead atoms. The molecule has 1 atom stereocenters.